The summed E-state index contributed by atoms with van der Waals surface area (Å²) in [6.45, 7) is 2.86. The fourth-order valence-electron chi connectivity index (χ4n) is 8.26. The number of aromatic nitrogens is 4. The van der Waals surface area contributed by atoms with E-state index >= 15 is 0 Å². The van der Waals surface area contributed by atoms with Gasteiger partial charge in [0.1, 0.15) is 44.4 Å². The molecule has 1 aliphatic heterocycles. The number of nitrogens with zero attached hydrogens (tertiary/aromatic N) is 6. The van der Waals surface area contributed by atoms with Crippen molar-refractivity contribution in [1.82, 2.24) is 29.7 Å². The first-order chi connectivity index (χ1) is 24.2. The van der Waals surface area contributed by atoms with E-state index in [4.69, 9.17) is 14.1 Å². The highest BCUT2D eigenvalue weighted by molar-refractivity contribution is 7.21. The van der Waals surface area contributed by atoms with E-state index in [0.29, 0.717) is 58.5 Å². The van der Waals surface area contributed by atoms with Crippen LogP contribution in [0.25, 0.3) is 32.0 Å². The Hall–Kier alpha value is -5.05. The molecule has 0 atom stereocenters. The number of ether oxygens (including phenoxy) is 1. The van der Waals surface area contributed by atoms with E-state index in [0.717, 1.165) is 24.8 Å². The van der Waals surface area contributed by atoms with Crippen molar-refractivity contribution in [2.75, 3.05) is 44.9 Å². The first-order valence-electron chi connectivity index (χ1n) is 16.7. The van der Waals surface area contributed by atoms with Crippen LogP contribution in [0, 0.1) is 5.41 Å². The van der Waals surface area contributed by atoms with Crippen molar-refractivity contribution in [2.24, 2.45) is 5.41 Å². The van der Waals surface area contributed by atoms with Crippen LogP contribution < -0.4 is 20.4 Å². The number of halogens is 1. The predicted molar refractivity (Wildman–Crippen MR) is 185 cm³/mol. The van der Waals surface area contributed by atoms with Crippen LogP contribution >= 0.6 is 11.3 Å². The molecule has 5 heterocycles. The lowest BCUT2D eigenvalue weighted by Gasteiger charge is -2.70. The van der Waals surface area contributed by atoms with E-state index < -0.39 is 0 Å². The molecule has 1 saturated heterocycles. The van der Waals surface area contributed by atoms with E-state index in [1.54, 1.807) is 29.3 Å². The Kier molecular flexibility index (Phi) is 7.77. The highest BCUT2D eigenvalue weighted by Gasteiger charge is 2.67. The van der Waals surface area contributed by atoms with Crippen molar-refractivity contribution < 1.29 is 28.2 Å². The molecular formula is C35H36FN7O6S. The number of amides is 2. The Bertz CT molecular complexity index is 2200. The van der Waals surface area contributed by atoms with Crippen LogP contribution in [0.2, 0.25) is 0 Å². The number of pyridine rings is 2. The lowest BCUT2D eigenvalue weighted by atomic mass is 9.38. The van der Waals surface area contributed by atoms with Gasteiger partial charge in [0.15, 0.2) is 12.0 Å². The van der Waals surface area contributed by atoms with Crippen molar-refractivity contribution >= 4 is 50.3 Å². The van der Waals surface area contributed by atoms with Gasteiger partial charge in [0.05, 0.1) is 13.8 Å². The van der Waals surface area contributed by atoms with E-state index in [1.165, 1.54) is 30.9 Å². The summed E-state index contributed by atoms with van der Waals surface area (Å²) in [6.07, 6.45) is 6.23. The Morgan fingerprint density at radius 3 is 2.64 bits per heavy atom. The lowest BCUT2D eigenvalue weighted by Crippen LogP contribution is -2.74. The first kappa shape index (κ1) is 32.2. The van der Waals surface area contributed by atoms with Gasteiger partial charge in [-0.05, 0) is 55.7 Å². The van der Waals surface area contributed by atoms with Gasteiger partial charge in [-0.1, -0.05) is 18.3 Å². The summed E-state index contributed by atoms with van der Waals surface area (Å²) < 4.78 is 25.7. The summed E-state index contributed by atoms with van der Waals surface area (Å²) in [5, 5.41) is 14.4. The molecule has 4 fully saturated rings. The molecule has 260 valence electrons. The SMILES string of the molecule is CCc1c(N2CCN(C(=O)c3c(O)ccc4ncoc34)CC2)c(=O)c2nc(-c3ccnc(OC)c3)sc2n1CC(=O)NC12CC(CCF)(C1)C2. The number of nitrogens with one attached hydrogen (secondary N) is 1. The van der Waals surface area contributed by atoms with Crippen LogP contribution in [0.1, 0.15) is 48.7 Å². The predicted octanol–water partition coefficient (Wildman–Crippen LogP) is 4.30. The molecule has 0 unspecified atom stereocenters. The summed E-state index contributed by atoms with van der Waals surface area (Å²) in [7, 11) is 1.53. The average molecular weight is 702 g/mol. The lowest BCUT2D eigenvalue weighted by molar-refractivity contribution is -0.170. The van der Waals surface area contributed by atoms with Crippen LogP contribution in [0.15, 0.2) is 46.1 Å². The van der Waals surface area contributed by atoms with Gasteiger partial charge in [0, 0.05) is 55.2 Å². The smallest absolute Gasteiger partial charge is 0.261 e. The topological polar surface area (TPSA) is 156 Å². The Morgan fingerprint density at radius 1 is 1.14 bits per heavy atom. The average Bonchev–Trinajstić information content (AvgIpc) is 3.76. The number of thiazole rings is 1. The van der Waals surface area contributed by atoms with Gasteiger partial charge in [-0.2, -0.15) is 0 Å². The van der Waals surface area contributed by atoms with E-state index in [-0.39, 0.29) is 76.9 Å². The quantitative estimate of drug-likeness (QED) is 0.215. The summed E-state index contributed by atoms with van der Waals surface area (Å²) in [4.78, 5) is 59.0. The molecule has 4 aliphatic rings. The van der Waals surface area contributed by atoms with Crippen LogP contribution in [-0.4, -0.2) is 86.8 Å². The molecule has 0 spiro atoms. The molecule has 3 aliphatic carbocycles. The zero-order valence-corrected chi connectivity index (χ0v) is 28.5. The number of anilines is 1. The second-order valence-corrected chi connectivity index (χ2v) is 14.5. The summed E-state index contributed by atoms with van der Waals surface area (Å²) in [6, 6.07) is 6.57. The van der Waals surface area contributed by atoms with Gasteiger partial charge in [0.25, 0.3) is 5.91 Å². The fourth-order valence-corrected chi connectivity index (χ4v) is 9.34. The molecule has 1 aromatic carbocycles. The Balaban J connectivity index is 1.13. The minimum absolute atomic E-state index is 0.00890. The van der Waals surface area contributed by atoms with E-state index in [1.807, 2.05) is 16.4 Å². The minimum Gasteiger partial charge on any atom is -0.507 e. The van der Waals surface area contributed by atoms with Gasteiger partial charge in [0.2, 0.25) is 17.2 Å². The number of oxazole rings is 1. The number of methoxy groups -OCH3 is 1. The van der Waals surface area contributed by atoms with Crippen LogP contribution in [-0.2, 0) is 17.8 Å². The third-order valence-corrected chi connectivity index (χ3v) is 11.6. The normalized spacial score (nSPS) is 21.3. The monoisotopic (exact) mass is 701 g/mol. The molecular weight excluding hydrogens is 665 g/mol. The number of alkyl halides is 1. The van der Waals surface area contributed by atoms with Crippen molar-refractivity contribution in [3.63, 3.8) is 0 Å². The number of phenols is 1. The zero-order valence-electron chi connectivity index (χ0n) is 27.7. The molecule has 4 aromatic heterocycles. The van der Waals surface area contributed by atoms with Gasteiger partial charge < -0.3 is 33.9 Å². The number of rotatable bonds is 10. The molecule has 15 heteroatoms. The zero-order chi connectivity index (χ0) is 34.8. The van der Waals surface area contributed by atoms with Gasteiger partial charge in [-0.15, -0.1) is 0 Å². The number of carbonyl (C=O) groups excluding carboxylic acids is 2. The number of fused-ring (bicyclic) bond motifs is 2. The molecule has 0 radical (unpaired) electrons. The Morgan fingerprint density at radius 2 is 1.92 bits per heavy atom. The maximum atomic E-state index is 14.4. The summed E-state index contributed by atoms with van der Waals surface area (Å²) >= 11 is 1.33. The molecule has 50 heavy (non-hydrogen) atoms. The first-order valence-corrected chi connectivity index (χ1v) is 17.5. The van der Waals surface area contributed by atoms with Gasteiger partial charge in [-0.3, -0.25) is 18.8 Å². The number of piperazine rings is 1. The van der Waals surface area contributed by atoms with E-state index in [9.17, 15) is 23.9 Å². The van der Waals surface area contributed by atoms with Gasteiger partial charge in [-0.25, -0.2) is 15.0 Å². The van der Waals surface area contributed by atoms with Crippen molar-refractivity contribution in [2.45, 2.75) is 51.1 Å². The van der Waals surface area contributed by atoms with Crippen LogP contribution in [0.4, 0.5) is 10.1 Å². The molecule has 13 nitrogen and oxygen atoms in total. The maximum Gasteiger partial charge on any atom is 0.261 e. The van der Waals surface area contributed by atoms with Crippen LogP contribution in [0.3, 0.4) is 0 Å². The second-order valence-electron chi connectivity index (χ2n) is 13.6. The standard InChI is InChI=1S/C35H36FN7O6S/c1-3-22-28(41-10-12-42(13-11-41)32(47)26-23(44)5-4-21-30(26)49-19-38-21)29(46)27-33(50-31(39-27)20-6-9-37-25(14-20)48-2)43(22)15-24(45)40-35-16-34(17-35,18-35)7-8-36/h4-6,9,14,19,44H,3,7-8,10-13,15-18H2,1-2H3,(H,40,45). The third kappa shape index (κ3) is 5.17. The number of hydrogen-bond acceptors (Lipinski definition) is 11. The van der Waals surface area contributed by atoms with E-state index in [2.05, 4.69) is 15.3 Å². The molecule has 5 aromatic rings. The van der Waals surface area contributed by atoms with Crippen molar-refractivity contribution in [1.29, 1.82) is 0 Å². The van der Waals surface area contributed by atoms with Crippen molar-refractivity contribution in [3.05, 3.63) is 58.3 Å². The van der Waals surface area contributed by atoms with Crippen LogP contribution in [0.5, 0.6) is 11.6 Å². The maximum absolute atomic E-state index is 14.4. The number of hydrogen-bond donors (Lipinski definition) is 2. The minimum atomic E-state index is -0.386. The molecule has 2 bridgehead atoms. The number of carbonyl (C=O) groups is 2. The molecule has 3 saturated carbocycles. The summed E-state index contributed by atoms with van der Waals surface area (Å²) in [5.74, 6) is -0.329. The highest BCUT2D eigenvalue weighted by atomic mass is 32.1. The number of aromatic hydroxyl groups is 1. The summed E-state index contributed by atoms with van der Waals surface area (Å²) in [5.41, 5.74) is 2.40. The highest BCUT2D eigenvalue weighted by Crippen LogP contribution is 2.68. The molecule has 2 N–H and O–H groups in total. The van der Waals surface area contributed by atoms with Crippen molar-refractivity contribution in [3.8, 4) is 22.2 Å². The number of phenolic OH excluding ortho intramolecular Hbond substituents is 1. The second kappa shape index (κ2) is 12.1. The Labute approximate surface area is 289 Å². The largest absolute Gasteiger partial charge is 0.507 e. The number of benzene rings is 1. The third-order valence-electron chi connectivity index (χ3n) is 10.5. The molecule has 9 rings (SSSR count). The fraction of sp³-hybridized carbons (Fsp3) is 0.429. The van der Waals surface area contributed by atoms with Gasteiger partial charge >= 0.3 is 0 Å². The molecule has 2 amide bonds.